The van der Waals surface area contributed by atoms with E-state index < -0.39 is 0 Å². The van der Waals surface area contributed by atoms with Gasteiger partial charge in [0.1, 0.15) is 0 Å². The summed E-state index contributed by atoms with van der Waals surface area (Å²) in [4.78, 5) is 14.3. The molecule has 0 radical (unpaired) electrons. The predicted molar refractivity (Wildman–Crippen MR) is 91.7 cm³/mol. The molecule has 114 valence electrons. The van der Waals surface area contributed by atoms with Crippen molar-refractivity contribution in [2.75, 3.05) is 0 Å². The van der Waals surface area contributed by atoms with E-state index in [-0.39, 0.29) is 5.91 Å². The number of aryl methyl sites for hydroxylation is 2. The third-order valence-corrected chi connectivity index (χ3v) is 5.25. The van der Waals surface area contributed by atoms with Crippen molar-refractivity contribution < 1.29 is 4.79 Å². The number of fused-ring (bicyclic) bond motifs is 1. The molecule has 3 nitrogen and oxygen atoms in total. The van der Waals surface area contributed by atoms with Crippen LogP contribution in [0.4, 0.5) is 0 Å². The quantitative estimate of drug-likeness (QED) is 0.677. The van der Waals surface area contributed by atoms with Crippen molar-refractivity contribution in [2.45, 2.75) is 33.1 Å². The van der Waals surface area contributed by atoms with E-state index in [0.717, 1.165) is 29.2 Å². The molecular weight excluding hydrogens is 292 g/mol. The Hall–Kier alpha value is -1.94. The van der Waals surface area contributed by atoms with Gasteiger partial charge in [-0.05, 0) is 49.3 Å². The number of nitrogens with zero attached hydrogens (tertiary/aromatic N) is 1. The molecule has 0 unspecified atom stereocenters. The Morgan fingerprint density at radius 3 is 2.91 bits per heavy atom. The lowest BCUT2D eigenvalue weighted by Gasteiger charge is -2.16. The Kier molecular flexibility index (Phi) is 4.39. The van der Waals surface area contributed by atoms with E-state index in [1.165, 1.54) is 22.4 Å². The number of rotatable bonds is 3. The number of carbonyl (C=O) groups excluding carboxylic acids is 1. The van der Waals surface area contributed by atoms with Crippen LogP contribution in [0.1, 0.15) is 44.6 Å². The fourth-order valence-corrected chi connectivity index (χ4v) is 3.79. The van der Waals surface area contributed by atoms with Crippen LogP contribution in [0.2, 0.25) is 0 Å². The van der Waals surface area contributed by atoms with Crippen LogP contribution in [0.3, 0.4) is 0 Å². The van der Waals surface area contributed by atoms with Gasteiger partial charge in [0, 0.05) is 4.88 Å². The van der Waals surface area contributed by atoms with Gasteiger partial charge in [0.15, 0.2) is 0 Å². The maximum absolute atomic E-state index is 12.2. The number of carbonyl (C=O) groups is 1. The predicted octanol–water partition coefficient (Wildman–Crippen LogP) is 3.95. The van der Waals surface area contributed by atoms with Crippen LogP contribution in [-0.2, 0) is 12.8 Å². The highest BCUT2D eigenvalue weighted by atomic mass is 32.1. The van der Waals surface area contributed by atoms with Crippen LogP contribution >= 0.6 is 11.3 Å². The summed E-state index contributed by atoms with van der Waals surface area (Å²) in [6.45, 7) is 4.31. The summed E-state index contributed by atoms with van der Waals surface area (Å²) < 4.78 is 0. The van der Waals surface area contributed by atoms with E-state index in [1.54, 1.807) is 17.6 Å². The highest BCUT2D eigenvalue weighted by molar-refractivity contribution is 7.14. The zero-order valence-corrected chi connectivity index (χ0v) is 13.7. The zero-order valence-electron chi connectivity index (χ0n) is 12.9. The number of hydrogen-bond donors (Lipinski definition) is 1. The average molecular weight is 312 g/mol. The monoisotopic (exact) mass is 312 g/mol. The minimum Gasteiger partial charge on any atom is -0.266 e. The Morgan fingerprint density at radius 1 is 1.36 bits per heavy atom. The molecule has 1 atom stereocenters. The molecule has 1 aliphatic rings. The fraction of sp³-hybridized carbons (Fsp3) is 0.333. The molecule has 1 amide bonds. The first-order chi connectivity index (χ1) is 10.6. The number of hydrazone groups is 1. The van der Waals surface area contributed by atoms with E-state index in [4.69, 9.17) is 0 Å². The summed E-state index contributed by atoms with van der Waals surface area (Å²) in [5.41, 5.74) is 6.15. The number of hydrogen-bond acceptors (Lipinski definition) is 3. The Bertz CT molecular complexity index is 700. The van der Waals surface area contributed by atoms with Gasteiger partial charge in [0.2, 0.25) is 0 Å². The maximum atomic E-state index is 12.2. The number of amides is 1. The second kappa shape index (κ2) is 6.44. The number of benzene rings is 1. The van der Waals surface area contributed by atoms with Crippen LogP contribution in [-0.4, -0.2) is 12.1 Å². The molecule has 1 N–H and O–H groups in total. The van der Waals surface area contributed by atoms with Gasteiger partial charge in [0.25, 0.3) is 5.91 Å². The van der Waals surface area contributed by atoms with Gasteiger partial charge in [0.05, 0.1) is 11.1 Å². The Labute approximate surface area is 135 Å². The lowest BCUT2D eigenvalue weighted by atomic mass is 9.90. The summed E-state index contributed by atoms with van der Waals surface area (Å²) in [6, 6.07) is 10.0. The fourth-order valence-electron chi connectivity index (χ4n) is 2.69. The van der Waals surface area contributed by atoms with Gasteiger partial charge >= 0.3 is 0 Å². The highest BCUT2D eigenvalue weighted by Crippen LogP contribution is 2.32. The van der Waals surface area contributed by atoms with Gasteiger partial charge in [-0.25, -0.2) is 5.43 Å². The van der Waals surface area contributed by atoms with Crippen LogP contribution in [0.5, 0.6) is 0 Å². The molecule has 0 saturated heterocycles. The molecule has 3 rings (SSSR count). The van der Waals surface area contributed by atoms with E-state index >= 15 is 0 Å². The molecule has 0 fully saturated rings. The number of thiophene rings is 1. The molecule has 2 aromatic rings. The van der Waals surface area contributed by atoms with Crippen LogP contribution < -0.4 is 5.43 Å². The van der Waals surface area contributed by atoms with Crippen molar-refractivity contribution in [3.63, 3.8) is 0 Å². The third-order valence-electron chi connectivity index (χ3n) is 4.01. The van der Waals surface area contributed by atoms with Crippen LogP contribution in [0.15, 0.2) is 35.4 Å². The lowest BCUT2D eigenvalue weighted by Crippen LogP contribution is -2.16. The third kappa shape index (κ3) is 3.45. The summed E-state index contributed by atoms with van der Waals surface area (Å²) >= 11 is 1.61. The van der Waals surface area contributed by atoms with Crippen molar-refractivity contribution >= 4 is 23.5 Å². The maximum Gasteiger partial charge on any atom is 0.281 e. The average Bonchev–Trinajstić information content (AvgIpc) is 2.92. The largest absolute Gasteiger partial charge is 0.281 e. The van der Waals surface area contributed by atoms with E-state index in [2.05, 4.69) is 17.5 Å². The molecule has 1 aliphatic carbocycles. The lowest BCUT2D eigenvalue weighted by molar-refractivity contribution is 0.0959. The Balaban J connectivity index is 1.64. The van der Waals surface area contributed by atoms with Gasteiger partial charge in [-0.15, -0.1) is 11.3 Å². The van der Waals surface area contributed by atoms with E-state index in [0.29, 0.717) is 0 Å². The first kappa shape index (κ1) is 15.0. The van der Waals surface area contributed by atoms with Crippen LogP contribution in [0, 0.1) is 12.8 Å². The topological polar surface area (TPSA) is 41.5 Å². The second-order valence-corrected chi connectivity index (χ2v) is 7.15. The summed E-state index contributed by atoms with van der Waals surface area (Å²) in [5.74, 6) is 0.605. The SMILES string of the molecule is Cc1ccc(/C=N\NC(=O)c2cc3c(s2)CC[C@H](C)C3)cc1. The molecule has 4 heteroatoms. The molecule has 0 spiro atoms. The molecule has 1 aromatic carbocycles. The molecular formula is C18H20N2OS. The minimum absolute atomic E-state index is 0.115. The molecule has 0 saturated carbocycles. The van der Waals surface area contributed by atoms with Gasteiger partial charge < -0.3 is 0 Å². The smallest absolute Gasteiger partial charge is 0.266 e. The van der Waals surface area contributed by atoms with Gasteiger partial charge in [-0.1, -0.05) is 36.8 Å². The zero-order chi connectivity index (χ0) is 15.5. The first-order valence-electron chi connectivity index (χ1n) is 7.63. The van der Waals surface area contributed by atoms with Crippen molar-refractivity contribution in [3.8, 4) is 0 Å². The molecule has 1 aromatic heterocycles. The van der Waals surface area contributed by atoms with Crippen LogP contribution in [0.25, 0.3) is 0 Å². The molecule has 0 bridgehead atoms. The second-order valence-electron chi connectivity index (χ2n) is 6.02. The highest BCUT2D eigenvalue weighted by Gasteiger charge is 2.20. The summed E-state index contributed by atoms with van der Waals surface area (Å²) in [5, 5.41) is 4.05. The Morgan fingerprint density at radius 2 is 2.14 bits per heavy atom. The van der Waals surface area contributed by atoms with Crippen molar-refractivity contribution in [3.05, 3.63) is 56.8 Å². The van der Waals surface area contributed by atoms with Crippen molar-refractivity contribution in [1.82, 2.24) is 5.43 Å². The van der Waals surface area contributed by atoms with E-state index in [9.17, 15) is 4.79 Å². The summed E-state index contributed by atoms with van der Waals surface area (Å²) in [7, 11) is 0. The molecule has 1 heterocycles. The summed E-state index contributed by atoms with van der Waals surface area (Å²) in [6.07, 6.45) is 5.08. The molecule has 0 aliphatic heterocycles. The minimum atomic E-state index is -0.115. The normalized spacial score (nSPS) is 17.5. The van der Waals surface area contributed by atoms with Crippen molar-refractivity contribution in [1.29, 1.82) is 0 Å². The van der Waals surface area contributed by atoms with Crippen molar-refractivity contribution in [2.24, 2.45) is 11.0 Å². The molecule has 22 heavy (non-hydrogen) atoms. The van der Waals surface area contributed by atoms with Gasteiger partial charge in [-0.3, -0.25) is 4.79 Å². The van der Waals surface area contributed by atoms with E-state index in [1.807, 2.05) is 37.3 Å². The standard InChI is InChI=1S/C18H20N2OS/c1-12-3-6-14(7-4-12)11-19-20-18(21)17-10-15-9-13(2)5-8-16(15)22-17/h3-4,6-7,10-11,13H,5,8-9H2,1-2H3,(H,20,21)/b19-11-/t13-/m0/s1. The van der Waals surface area contributed by atoms with Gasteiger partial charge in [-0.2, -0.15) is 5.10 Å². The number of nitrogens with one attached hydrogen (secondary N) is 1. The first-order valence-corrected chi connectivity index (χ1v) is 8.45.